The van der Waals surface area contributed by atoms with Gasteiger partial charge in [-0.05, 0) is 43.5 Å². The van der Waals surface area contributed by atoms with Gasteiger partial charge in [0.1, 0.15) is 17.1 Å². The number of nitrogens with zero attached hydrogens (tertiary/aromatic N) is 2. The minimum absolute atomic E-state index is 0.0462. The summed E-state index contributed by atoms with van der Waals surface area (Å²) in [4.78, 5) is 27.7. The van der Waals surface area contributed by atoms with Crippen LogP contribution in [0, 0.1) is 0 Å². The van der Waals surface area contributed by atoms with Gasteiger partial charge in [-0.25, -0.2) is 5.01 Å². The molecule has 2 aromatic carbocycles. The van der Waals surface area contributed by atoms with E-state index in [0.29, 0.717) is 22.7 Å². The zero-order valence-electron chi connectivity index (χ0n) is 17.2. The standard InChI is InChI=1S/C23H25N3O4/c1-29-20-15-19(25-11-7-4-8-12-25)21(30-2)14-16(20)13-18-22(27)24-26(23(18)28)17-9-5-3-6-10-17/h3,5-6,9-10,13-15H,4,7-8,11-12H2,1-2H3,(H,24,27)/b18-13-. The van der Waals surface area contributed by atoms with Gasteiger partial charge < -0.3 is 14.4 Å². The van der Waals surface area contributed by atoms with E-state index in [1.807, 2.05) is 30.3 Å². The first-order valence-corrected chi connectivity index (χ1v) is 10.1. The molecule has 2 aromatic rings. The van der Waals surface area contributed by atoms with Crippen molar-refractivity contribution in [1.82, 2.24) is 5.43 Å². The minimum atomic E-state index is -0.454. The summed E-state index contributed by atoms with van der Waals surface area (Å²) in [6.07, 6.45) is 5.07. The molecule has 0 radical (unpaired) electrons. The van der Waals surface area contributed by atoms with Gasteiger partial charge in [-0.2, -0.15) is 0 Å². The molecule has 0 aliphatic carbocycles. The van der Waals surface area contributed by atoms with Gasteiger partial charge in [0.25, 0.3) is 11.8 Å². The number of carbonyl (C=O) groups excluding carboxylic acids is 2. The second-order valence-electron chi connectivity index (χ2n) is 7.29. The smallest absolute Gasteiger partial charge is 0.282 e. The maximum Gasteiger partial charge on any atom is 0.282 e. The highest BCUT2D eigenvalue weighted by atomic mass is 16.5. The zero-order chi connectivity index (χ0) is 21.1. The monoisotopic (exact) mass is 407 g/mol. The number of methoxy groups -OCH3 is 2. The molecule has 0 aromatic heterocycles. The van der Waals surface area contributed by atoms with Gasteiger partial charge in [-0.3, -0.25) is 15.0 Å². The minimum Gasteiger partial charge on any atom is -0.496 e. The summed E-state index contributed by atoms with van der Waals surface area (Å²) in [5, 5.41) is 1.25. The van der Waals surface area contributed by atoms with E-state index in [2.05, 4.69) is 10.3 Å². The maximum absolute atomic E-state index is 12.9. The third-order valence-corrected chi connectivity index (χ3v) is 5.43. The molecule has 2 fully saturated rings. The van der Waals surface area contributed by atoms with Crippen molar-refractivity contribution in [2.75, 3.05) is 37.2 Å². The number of ether oxygens (including phenoxy) is 2. The van der Waals surface area contributed by atoms with Crippen molar-refractivity contribution in [2.45, 2.75) is 19.3 Å². The Morgan fingerprint density at radius 2 is 1.63 bits per heavy atom. The Hall–Kier alpha value is -3.48. The van der Waals surface area contributed by atoms with Gasteiger partial charge in [0.2, 0.25) is 0 Å². The van der Waals surface area contributed by atoms with Gasteiger partial charge in [0.05, 0.1) is 25.6 Å². The molecule has 2 saturated heterocycles. The number of hydrogen-bond donors (Lipinski definition) is 1. The number of amides is 2. The largest absolute Gasteiger partial charge is 0.496 e. The van der Waals surface area contributed by atoms with E-state index in [1.54, 1.807) is 32.4 Å². The topological polar surface area (TPSA) is 71.1 Å². The first kappa shape index (κ1) is 19.8. The van der Waals surface area contributed by atoms with Gasteiger partial charge in [-0.15, -0.1) is 0 Å². The molecule has 4 rings (SSSR count). The van der Waals surface area contributed by atoms with Crippen LogP contribution in [-0.4, -0.2) is 39.1 Å². The summed E-state index contributed by atoms with van der Waals surface area (Å²) in [5.41, 5.74) is 4.84. The summed E-state index contributed by atoms with van der Waals surface area (Å²) in [7, 11) is 3.20. The van der Waals surface area contributed by atoms with Crippen LogP contribution in [0.4, 0.5) is 11.4 Å². The number of para-hydroxylation sites is 1. The van der Waals surface area contributed by atoms with Crippen LogP contribution in [0.5, 0.6) is 11.5 Å². The molecule has 2 heterocycles. The van der Waals surface area contributed by atoms with Crippen molar-refractivity contribution >= 4 is 29.3 Å². The lowest BCUT2D eigenvalue weighted by Gasteiger charge is -2.30. The molecule has 2 aliphatic rings. The fraction of sp³-hybridized carbons (Fsp3) is 0.304. The Labute approximate surface area is 175 Å². The Kier molecular flexibility index (Phi) is 5.61. The van der Waals surface area contributed by atoms with E-state index in [-0.39, 0.29) is 5.57 Å². The van der Waals surface area contributed by atoms with Crippen LogP contribution in [0.15, 0.2) is 48.0 Å². The number of rotatable bonds is 5. The van der Waals surface area contributed by atoms with Gasteiger partial charge in [0.15, 0.2) is 0 Å². The first-order valence-electron chi connectivity index (χ1n) is 10.1. The Balaban J connectivity index is 1.70. The Morgan fingerprint density at radius 1 is 0.933 bits per heavy atom. The SMILES string of the molecule is COc1cc(N2CCCCC2)c(OC)cc1/C=C1/C(=O)NN(c2ccccc2)C1=O. The van der Waals surface area contributed by atoms with Crippen LogP contribution in [0.25, 0.3) is 6.08 Å². The molecule has 156 valence electrons. The molecule has 1 N–H and O–H groups in total. The van der Waals surface area contributed by atoms with Gasteiger partial charge >= 0.3 is 0 Å². The molecule has 7 heteroatoms. The van der Waals surface area contributed by atoms with Crippen LogP contribution in [0.2, 0.25) is 0 Å². The van der Waals surface area contributed by atoms with E-state index >= 15 is 0 Å². The van der Waals surface area contributed by atoms with Crippen LogP contribution < -0.4 is 24.8 Å². The summed E-state index contributed by atoms with van der Waals surface area (Å²) in [6, 6.07) is 12.7. The molecule has 30 heavy (non-hydrogen) atoms. The van der Waals surface area contributed by atoms with Crippen molar-refractivity contribution in [1.29, 1.82) is 0 Å². The lowest BCUT2D eigenvalue weighted by Crippen LogP contribution is -2.35. The third-order valence-electron chi connectivity index (χ3n) is 5.43. The fourth-order valence-corrected chi connectivity index (χ4v) is 3.87. The molecule has 0 unspecified atom stereocenters. The Morgan fingerprint density at radius 3 is 2.30 bits per heavy atom. The van der Waals surface area contributed by atoms with Crippen molar-refractivity contribution in [3.05, 3.63) is 53.6 Å². The number of hydrogen-bond acceptors (Lipinski definition) is 5. The first-order chi connectivity index (χ1) is 14.6. The molecule has 0 spiro atoms. The summed E-state index contributed by atoms with van der Waals surface area (Å²) >= 11 is 0. The highest BCUT2D eigenvalue weighted by molar-refractivity contribution is 6.31. The zero-order valence-corrected chi connectivity index (χ0v) is 17.2. The van der Waals surface area contributed by atoms with Crippen LogP contribution in [-0.2, 0) is 9.59 Å². The van der Waals surface area contributed by atoms with Gasteiger partial charge in [-0.1, -0.05) is 18.2 Å². The van der Waals surface area contributed by atoms with Crippen molar-refractivity contribution < 1.29 is 19.1 Å². The molecule has 0 bridgehead atoms. The summed E-state index contributed by atoms with van der Waals surface area (Å²) in [6.45, 7) is 1.93. The molecule has 0 saturated carbocycles. The molecule has 0 atom stereocenters. The normalized spacial score (nSPS) is 18.0. The lowest BCUT2D eigenvalue weighted by atomic mass is 10.1. The number of carbonyl (C=O) groups is 2. The maximum atomic E-state index is 12.9. The predicted octanol–water partition coefficient (Wildman–Crippen LogP) is 3.16. The number of hydrazine groups is 1. The highest BCUT2D eigenvalue weighted by Crippen LogP contribution is 2.38. The number of anilines is 2. The van der Waals surface area contributed by atoms with E-state index < -0.39 is 11.8 Å². The molecule has 2 amide bonds. The van der Waals surface area contributed by atoms with Crippen LogP contribution in [0.3, 0.4) is 0 Å². The average Bonchev–Trinajstić information content (AvgIpc) is 3.08. The quantitative estimate of drug-likeness (QED) is 0.609. The van der Waals surface area contributed by atoms with E-state index in [4.69, 9.17) is 9.47 Å². The molecule has 2 aliphatic heterocycles. The number of nitrogens with one attached hydrogen (secondary N) is 1. The summed E-state index contributed by atoms with van der Waals surface area (Å²) in [5.74, 6) is 0.412. The number of piperidine rings is 1. The predicted molar refractivity (Wildman–Crippen MR) is 116 cm³/mol. The van der Waals surface area contributed by atoms with Crippen molar-refractivity contribution in [3.8, 4) is 11.5 Å². The van der Waals surface area contributed by atoms with Crippen molar-refractivity contribution in [2.24, 2.45) is 0 Å². The van der Waals surface area contributed by atoms with Gasteiger partial charge in [0, 0.05) is 24.7 Å². The van der Waals surface area contributed by atoms with E-state index in [0.717, 1.165) is 31.6 Å². The molecular formula is C23H25N3O4. The average molecular weight is 407 g/mol. The second kappa shape index (κ2) is 8.49. The second-order valence-corrected chi connectivity index (χ2v) is 7.29. The fourth-order valence-electron chi connectivity index (χ4n) is 3.87. The van der Waals surface area contributed by atoms with Crippen LogP contribution in [0.1, 0.15) is 24.8 Å². The third kappa shape index (κ3) is 3.70. The summed E-state index contributed by atoms with van der Waals surface area (Å²) < 4.78 is 11.2. The number of benzene rings is 2. The molecule has 7 nitrogen and oxygen atoms in total. The Bertz CT molecular complexity index is 981. The highest BCUT2D eigenvalue weighted by Gasteiger charge is 2.34. The molecular weight excluding hydrogens is 382 g/mol. The van der Waals surface area contributed by atoms with E-state index in [9.17, 15) is 9.59 Å². The van der Waals surface area contributed by atoms with Crippen molar-refractivity contribution in [3.63, 3.8) is 0 Å². The van der Waals surface area contributed by atoms with Crippen LogP contribution >= 0.6 is 0 Å². The lowest BCUT2D eigenvalue weighted by molar-refractivity contribution is -0.117. The van der Waals surface area contributed by atoms with E-state index in [1.165, 1.54) is 11.4 Å².